The Labute approximate surface area is 241 Å². The van der Waals surface area contributed by atoms with Crippen LogP contribution < -0.4 is 5.56 Å². The van der Waals surface area contributed by atoms with Gasteiger partial charge in [0.2, 0.25) is 0 Å². The van der Waals surface area contributed by atoms with E-state index in [0.29, 0.717) is 40.9 Å². The molecule has 1 aromatic heterocycles. The van der Waals surface area contributed by atoms with Crippen molar-refractivity contribution in [2.75, 3.05) is 6.54 Å². The standard InChI is InChI=1S/C31H33BrN4O4/c1-4-6-7-10-19-34(30(37)22-14-13-21(3)28(20-22)36(39)40)27(5-2)29-33-26-12-9-8-11-25(26)31(38)35(29)24-17-15-23(32)16-18-24/h8-9,11-18,20,27H,4-7,10,19H2,1-3H3. The molecule has 40 heavy (non-hydrogen) atoms. The van der Waals surface area contributed by atoms with Crippen LogP contribution in [0.15, 0.2) is 76.0 Å². The third kappa shape index (κ3) is 6.14. The molecule has 0 spiro atoms. The molecular weight excluding hydrogens is 572 g/mol. The highest BCUT2D eigenvalue weighted by Gasteiger charge is 2.30. The number of nitrogens with zero attached hydrogens (tertiary/aromatic N) is 4. The second-order valence-electron chi connectivity index (χ2n) is 9.85. The molecule has 1 atom stereocenters. The molecule has 0 fully saturated rings. The van der Waals surface area contributed by atoms with Crippen molar-refractivity contribution in [3.8, 4) is 5.69 Å². The minimum atomic E-state index is -0.546. The van der Waals surface area contributed by atoms with Crippen molar-refractivity contribution in [2.24, 2.45) is 0 Å². The number of hydrogen-bond donors (Lipinski definition) is 0. The highest BCUT2D eigenvalue weighted by Crippen LogP contribution is 2.30. The first-order valence-electron chi connectivity index (χ1n) is 13.6. The van der Waals surface area contributed by atoms with Crippen molar-refractivity contribution in [2.45, 2.75) is 58.9 Å². The number of nitro groups is 1. The van der Waals surface area contributed by atoms with Crippen LogP contribution in [0.4, 0.5) is 5.69 Å². The second-order valence-corrected chi connectivity index (χ2v) is 10.8. The fourth-order valence-electron chi connectivity index (χ4n) is 4.97. The Morgan fingerprint density at radius 1 is 1.05 bits per heavy atom. The average Bonchev–Trinajstić information content (AvgIpc) is 2.95. The maximum atomic E-state index is 14.1. The largest absolute Gasteiger partial charge is 0.328 e. The zero-order valence-electron chi connectivity index (χ0n) is 23.0. The van der Waals surface area contributed by atoms with E-state index in [1.165, 1.54) is 6.07 Å². The molecule has 0 N–H and O–H groups in total. The Hall–Kier alpha value is -3.85. The Morgan fingerprint density at radius 3 is 2.45 bits per heavy atom. The van der Waals surface area contributed by atoms with Crippen molar-refractivity contribution in [3.63, 3.8) is 0 Å². The molecule has 4 rings (SSSR count). The quantitative estimate of drug-likeness (QED) is 0.1000. The van der Waals surface area contributed by atoms with Crippen molar-refractivity contribution in [3.05, 3.63) is 109 Å². The molecule has 8 nitrogen and oxygen atoms in total. The van der Waals surface area contributed by atoms with E-state index < -0.39 is 11.0 Å². The van der Waals surface area contributed by atoms with Gasteiger partial charge in [0.25, 0.3) is 17.2 Å². The van der Waals surface area contributed by atoms with Crippen LogP contribution in [0.2, 0.25) is 0 Å². The van der Waals surface area contributed by atoms with E-state index in [1.54, 1.807) is 40.7 Å². The topological polar surface area (TPSA) is 98.3 Å². The molecule has 1 unspecified atom stereocenters. The number of aryl methyl sites for hydroxylation is 1. The van der Waals surface area contributed by atoms with Crippen molar-refractivity contribution >= 4 is 38.4 Å². The lowest BCUT2D eigenvalue weighted by Gasteiger charge is -2.32. The van der Waals surface area contributed by atoms with Gasteiger partial charge in [0.1, 0.15) is 5.82 Å². The lowest BCUT2D eigenvalue weighted by atomic mass is 10.0. The van der Waals surface area contributed by atoms with Gasteiger partial charge >= 0.3 is 0 Å². The van der Waals surface area contributed by atoms with Gasteiger partial charge in [0.05, 0.1) is 27.6 Å². The summed E-state index contributed by atoms with van der Waals surface area (Å²) >= 11 is 3.46. The zero-order valence-corrected chi connectivity index (χ0v) is 24.6. The molecule has 1 amide bonds. The van der Waals surface area contributed by atoms with Gasteiger partial charge in [-0.2, -0.15) is 0 Å². The maximum absolute atomic E-state index is 14.1. The maximum Gasteiger partial charge on any atom is 0.273 e. The molecule has 3 aromatic carbocycles. The van der Waals surface area contributed by atoms with E-state index >= 15 is 0 Å². The van der Waals surface area contributed by atoms with Crippen LogP contribution in [0.5, 0.6) is 0 Å². The minimum Gasteiger partial charge on any atom is -0.328 e. The molecule has 1 heterocycles. The summed E-state index contributed by atoms with van der Waals surface area (Å²) in [4.78, 5) is 45.9. The highest BCUT2D eigenvalue weighted by atomic mass is 79.9. The summed E-state index contributed by atoms with van der Waals surface area (Å²) in [5.41, 5.74) is 1.61. The molecule has 0 bridgehead atoms. The number of aromatic nitrogens is 2. The first-order valence-corrected chi connectivity index (χ1v) is 14.4. The number of carbonyl (C=O) groups is 1. The van der Waals surface area contributed by atoms with Crippen LogP contribution >= 0.6 is 15.9 Å². The number of rotatable bonds is 11. The van der Waals surface area contributed by atoms with Gasteiger partial charge in [-0.3, -0.25) is 24.3 Å². The van der Waals surface area contributed by atoms with Gasteiger partial charge in [0.15, 0.2) is 0 Å². The molecule has 4 aromatic rings. The third-order valence-electron chi connectivity index (χ3n) is 7.11. The van der Waals surface area contributed by atoms with Crippen LogP contribution in [0.1, 0.15) is 73.7 Å². The SMILES string of the molecule is CCCCCCN(C(=O)c1ccc(C)c([N+](=O)[O-])c1)C(CC)c1nc2ccccc2c(=O)n1-c1ccc(Br)cc1. The molecule has 0 aliphatic rings. The van der Waals surface area contributed by atoms with Gasteiger partial charge in [-0.05, 0) is 62.2 Å². The number of amides is 1. The lowest BCUT2D eigenvalue weighted by molar-refractivity contribution is -0.385. The summed E-state index contributed by atoms with van der Waals surface area (Å²) in [6.07, 6.45) is 4.28. The van der Waals surface area contributed by atoms with Crippen LogP contribution in [0.25, 0.3) is 16.6 Å². The number of hydrogen-bond acceptors (Lipinski definition) is 5. The van der Waals surface area contributed by atoms with Crippen molar-refractivity contribution in [1.29, 1.82) is 0 Å². The first-order chi connectivity index (χ1) is 19.3. The number of unbranched alkanes of at least 4 members (excludes halogenated alkanes) is 3. The summed E-state index contributed by atoms with van der Waals surface area (Å²) in [6, 6.07) is 18.6. The first kappa shape index (κ1) is 29.1. The Morgan fingerprint density at radius 2 is 1.77 bits per heavy atom. The number of nitro benzene ring substituents is 1. The van der Waals surface area contributed by atoms with Crippen molar-refractivity contribution < 1.29 is 9.72 Å². The molecule has 0 saturated carbocycles. The van der Waals surface area contributed by atoms with E-state index in [4.69, 9.17) is 4.98 Å². The van der Waals surface area contributed by atoms with Crippen molar-refractivity contribution in [1.82, 2.24) is 14.5 Å². The molecule has 9 heteroatoms. The molecular formula is C31H33BrN4O4. The fraction of sp³-hybridized carbons (Fsp3) is 0.323. The van der Waals surface area contributed by atoms with Crippen LogP contribution in [-0.2, 0) is 0 Å². The molecule has 0 radical (unpaired) electrons. The predicted molar refractivity (Wildman–Crippen MR) is 161 cm³/mol. The monoisotopic (exact) mass is 604 g/mol. The number of fused-ring (bicyclic) bond motifs is 1. The molecule has 208 valence electrons. The van der Waals surface area contributed by atoms with E-state index in [1.807, 2.05) is 43.3 Å². The van der Waals surface area contributed by atoms with E-state index in [-0.39, 0.29) is 22.7 Å². The number of halogens is 1. The summed E-state index contributed by atoms with van der Waals surface area (Å²) in [7, 11) is 0. The summed E-state index contributed by atoms with van der Waals surface area (Å²) in [6.45, 7) is 6.17. The number of para-hydroxylation sites is 1. The normalized spacial score (nSPS) is 11.9. The van der Waals surface area contributed by atoms with Gasteiger partial charge in [-0.15, -0.1) is 0 Å². The second kappa shape index (κ2) is 13.0. The molecule has 0 aliphatic carbocycles. The van der Waals surface area contributed by atoms with Gasteiger partial charge < -0.3 is 4.90 Å². The molecule has 0 saturated heterocycles. The van der Waals surface area contributed by atoms with E-state index in [2.05, 4.69) is 22.9 Å². The fourth-order valence-corrected chi connectivity index (χ4v) is 5.23. The minimum absolute atomic E-state index is 0.0968. The highest BCUT2D eigenvalue weighted by molar-refractivity contribution is 9.10. The predicted octanol–water partition coefficient (Wildman–Crippen LogP) is 7.54. The molecule has 0 aliphatic heterocycles. The van der Waals surface area contributed by atoms with Gasteiger partial charge in [-0.25, -0.2) is 4.98 Å². The van der Waals surface area contributed by atoms with Crippen LogP contribution in [-0.4, -0.2) is 31.8 Å². The number of benzene rings is 3. The van der Waals surface area contributed by atoms with Gasteiger partial charge in [-0.1, -0.05) is 67.2 Å². The lowest BCUT2D eigenvalue weighted by Crippen LogP contribution is -2.39. The van der Waals surface area contributed by atoms with E-state index in [9.17, 15) is 19.7 Å². The summed E-state index contributed by atoms with van der Waals surface area (Å²) in [5, 5.41) is 12.1. The Kier molecular flexibility index (Phi) is 9.47. The smallest absolute Gasteiger partial charge is 0.273 e. The Balaban J connectivity index is 1.90. The van der Waals surface area contributed by atoms with Crippen LogP contribution in [0.3, 0.4) is 0 Å². The van der Waals surface area contributed by atoms with Gasteiger partial charge in [0, 0.05) is 28.2 Å². The Bertz CT molecular complexity index is 1580. The summed E-state index contributed by atoms with van der Waals surface area (Å²) in [5.74, 6) is 0.134. The van der Waals surface area contributed by atoms with E-state index in [0.717, 1.165) is 30.2 Å². The zero-order chi connectivity index (χ0) is 28.8. The average molecular weight is 606 g/mol. The van der Waals surface area contributed by atoms with Crippen LogP contribution in [0, 0.1) is 17.0 Å². The third-order valence-corrected chi connectivity index (χ3v) is 7.64. The summed E-state index contributed by atoms with van der Waals surface area (Å²) < 4.78 is 2.47. The number of carbonyl (C=O) groups excluding carboxylic acids is 1.